The molecule has 0 aromatic carbocycles. The Morgan fingerprint density at radius 1 is 0.720 bits per heavy atom. The van der Waals surface area contributed by atoms with Gasteiger partial charge in [-0.1, -0.05) is 41.5 Å². The van der Waals surface area contributed by atoms with Crippen molar-refractivity contribution >= 4 is 0 Å². The highest BCUT2D eigenvalue weighted by Gasteiger charge is 2.48. The van der Waals surface area contributed by atoms with Gasteiger partial charge >= 0.3 is 0 Å². The van der Waals surface area contributed by atoms with E-state index in [-0.39, 0.29) is 23.3 Å². The lowest BCUT2D eigenvalue weighted by molar-refractivity contribution is 0.0610. The maximum absolute atomic E-state index is 6.08. The van der Waals surface area contributed by atoms with E-state index in [9.17, 15) is 0 Å². The van der Waals surface area contributed by atoms with Gasteiger partial charge < -0.3 is 9.47 Å². The third kappa shape index (κ3) is 3.37. The van der Waals surface area contributed by atoms with Crippen LogP contribution >= 0.6 is 0 Å². The summed E-state index contributed by atoms with van der Waals surface area (Å²) < 4.78 is 12.2. The van der Waals surface area contributed by atoms with Crippen molar-refractivity contribution in [2.24, 2.45) is 10.8 Å². The molecule has 144 valence electrons. The van der Waals surface area contributed by atoms with Crippen LogP contribution in [0.25, 0.3) is 0 Å². The number of nitrogens with zero attached hydrogens (tertiary/aromatic N) is 4. The van der Waals surface area contributed by atoms with E-state index in [1.165, 1.54) is 0 Å². The SMILES string of the molecule is CC(C)(C)[C@H]1COC2CN(CN3CC4OC[C@H](C(C)(C)C)N4C3)CN21. The van der Waals surface area contributed by atoms with Crippen molar-refractivity contribution in [3.63, 3.8) is 0 Å². The molecular formula is C19H36N4O2. The van der Waals surface area contributed by atoms with Gasteiger partial charge in [-0.05, 0) is 10.8 Å². The summed E-state index contributed by atoms with van der Waals surface area (Å²) in [5, 5.41) is 0. The van der Waals surface area contributed by atoms with Crippen LogP contribution < -0.4 is 0 Å². The van der Waals surface area contributed by atoms with E-state index in [0.29, 0.717) is 12.1 Å². The highest BCUT2D eigenvalue weighted by atomic mass is 16.5. The van der Waals surface area contributed by atoms with Gasteiger partial charge in [0, 0.05) is 25.2 Å². The van der Waals surface area contributed by atoms with Gasteiger partial charge in [0.1, 0.15) is 12.5 Å². The summed E-state index contributed by atoms with van der Waals surface area (Å²) in [7, 11) is 0. The molecule has 4 atom stereocenters. The predicted octanol–water partition coefficient (Wildman–Crippen LogP) is 1.64. The van der Waals surface area contributed by atoms with Crippen molar-refractivity contribution in [1.29, 1.82) is 0 Å². The van der Waals surface area contributed by atoms with E-state index >= 15 is 0 Å². The van der Waals surface area contributed by atoms with Crippen LogP contribution in [0.5, 0.6) is 0 Å². The second-order valence-corrected chi connectivity index (χ2v) is 10.5. The number of rotatable bonds is 2. The van der Waals surface area contributed by atoms with Crippen LogP contribution in [0.3, 0.4) is 0 Å². The lowest BCUT2D eigenvalue weighted by Crippen LogP contribution is -2.45. The molecule has 0 aliphatic carbocycles. The van der Waals surface area contributed by atoms with E-state index in [2.05, 4.69) is 61.1 Å². The average molecular weight is 353 g/mol. The van der Waals surface area contributed by atoms with E-state index in [4.69, 9.17) is 9.47 Å². The Morgan fingerprint density at radius 2 is 1.12 bits per heavy atom. The molecule has 0 saturated carbocycles. The Balaban J connectivity index is 1.33. The third-order valence-electron chi connectivity index (χ3n) is 6.39. The topological polar surface area (TPSA) is 31.4 Å². The number of fused-ring (bicyclic) bond motifs is 2. The molecule has 4 rings (SSSR count). The fraction of sp³-hybridized carbons (Fsp3) is 1.00. The van der Waals surface area contributed by atoms with Crippen LogP contribution in [0.4, 0.5) is 0 Å². The molecule has 4 aliphatic rings. The van der Waals surface area contributed by atoms with Crippen LogP contribution in [0.15, 0.2) is 0 Å². The van der Waals surface area contributed by atoms with E-state index < -0.39 is 0 Å². The standard InChI is InChI=1S/C19H36N4O2/c1-18(2,3)14-9-24-16-7-20(12-22(14)16)11-21-8-17-23(13-21)15(10-25-17)19(4,5)6/h14-17H,7-13H2,1-6H3/t14-,15-,16?,17?/m1/s1. The van der Waals surface area contributed by atoms with Gasteiger partial charge in [0.05, 0.1) is 33.2 Å². The zero-order chi connectivity index (χ0) is 18.0. The molecule has 6 nitrogen and oxygen atoms in total. The highest BCUT2D eigenvalue weighted by Crippen LogP contribution is 2.36. The minimum atomic E-state index is 0.273. The minimum Gasteiger partial charge on any atom is -0.360 e. The van der Waals surface area contributed by atoms with Gasteiger partial charge in [0.2, 0.25) is 0 Å². The Morgan fingerprint density at radius 3 is 1.48 bits per heavy atom. The van der Waals surface area contributed by atoms with Crippen molar-refractivity contribution in [3.8, 4) is 0 Å². The lowest BCUT2D eigenvalue weighted by Gasteiger charge is -2.34. The largest absolute Gasteiger partial charge is 0.360 e. The molecule has 0 radical (unpaired) electrons. The molecule has 0 aromatic heterocycles. The summed E-state index contributed by atoms with van der Waals surface area (Å²) >= 11 is 0. The second kappa shape index (κ2) is 6.14. The van der Waals surface area contributed by atoms with Gasteiger partial charge in [-0.3, -0.25) is 19.6 Å². The molecule has 6 heteroatoms. The Bertz CT molecular complexity index is 457. The summed E-state index contributed by atoms with van der Waals surface area (Å²) in [4.78, 5) is 10.2. The molecule has 4 heterocycles. The third-order valence-corrected chi connectivity index (χ3v) is 6.39. The van der Waals surface area contributed by atoms with Crippen molar-refractivity contribution in [2.45, 2.75) is 66.1 Å². The van der Waals surface area contributed by atoms with E-state index in [1.54, 1.807) is 0 Å². The van der Waals surface area contributed by atoms with E-state index in [1.807, 2.05) is 0 Å². The maximum Gasteiger partial charge on any atom is 0.124 e. The zero-order valence-electron chi connectivity index (χ0n) is 16.9. The summed E-state index contributed by atoms with van der Waals surface area (Å²) in [6, 6.07) is 1.05. The van der Waals surface area contributed by atoms with Crippen LogP contribution in [0.1, 0.15) is 41.5 Å². The predicted molar refractivity (Wildman–Crippen MR) is 97.7 cm³/mol. The Labute approximate surface area is 153 Å². The van der Waals surface area contributed by atoms with Gasteiger partial charge in [-0.15, -0.1) is 0 Å². The fourth-order valence-corrected chi connectivity index (χ4v) is 4.89. The molecular weight excluding hydrogens is 316 g/mol. The first-order valence-corrected chi connectivity index (χ1v) is 9.82. The summed E-state index contributed by atoms with van der Waals surface area (Å²) in [5.74, 6) is 0. The number of hydrogen-bond acceptors (Lipinski definition) is 6. The molecule has 4 aliphatic heterocycles. The average Bonchev–Trinajstić information content (AvgIpc) is 3.13. The molecule has 25 heavy (non-hydrogen) atoms. The van der Waals surface area contributed by atoms with Crippen LogP contribution in [0.2, 0.25) is 0 Å². The van der Waals surface area contributed by atoms with Crippen molar-refractivity contribution < 1.29 is 9.47 Å². The normalized spacial score (nSPS) is 38.6. The molecule has 4 fully saturated rings. The van der Waals surface area contributed by atoms with Gasteiger partial charge in [-0.2, -0.15) is 0 Å². The summed E-state index contributed by atoms with van der Waals surface area (Å²) in [6.07, 6.45) is 0.565. The van der Waals surface area contributed by atoms with E-state index in [0.717, 1.165) is 46.3 Å². The van der Waals surface area contributed by atoms with Crippen molar-refractivity contribution in [3.05, 3.63) is 0 Å². The quantitative estimate of drug-likeness (QED) is 0.751. The van der Waals surface area contributed by atoms with Gasteiger partial charge in [0.25, 0.3) is 0 Å². The fourth-order valence-electron chi connectivity index (χ4n) is 4.89. The summed E-state index contributed by atoms with van der Waals surface area (Å²) in [5.41, 5.74) is 0.545. The Kier molecular flexibility index (Phi) is 4.46. The maximum atomic E-state index is 6.08. The lowest BCUT2D eigenvalue weighted by atomic mass is 9.87. The molecule has 0 N–H and O–H groups in total. The molecule has 0 spiro atoms. The van der Waals surface area contributed by atoms with Gasteiger partial charge in [0.15, 0.2) is 0 Å². The summed E-state index contributed by atoms with van der Waals surface area (Å²) in [6.45, 7) is 20.8. The highest BCUT2D eigenvalue weighted by molar-refractivity contribution is 4.96. The van der Waals surface area contributed by atoms with Crippen molar-refractivity contribution in [1.82, 2.24) is 19.6 Å². The smallest absolute Gasteiger partial charge is 0.124 e. The first kappa shape index (κ1) is 18.1. The second-order valence-electron chi connectivity index (χ2n) is 10.5. The zero-order valence-corrected chi connectivity index (χ0v) is 16.9. The number of hydrogen-bond donors (Lipinski definition) is 0. The van der Waals surface area contributed by atoms with Crippen LogP contribution in [-0.2, 0) is 9.47 Å². The Hall–Kier alpha value is -0.240. The first-order chi connectivity index (χ1) is 11.6. The van der Waals surface area contributed by atoms with Crippen molar-refractivity contribution in [2.75, 3.05) is 46.3 Å². The van der Waals surface area contributed by atoms with Crippen LogP contribution in [0, 0.1) is 10.8 Å². The molecule has 0 aromatic rings. The monoisotopic (exact) mass is 352 g/mol. The number of ether oxygens (including phenoxy) is 2. The molecule has 0 amide bonds. The molecule has 2 unspecified atom stereocenters. The van der Waals surface area contributed by atoms with Crippen LogP contribution in [-0.4, -0.2) is 90.4 Å². The molecule has 4 saturated heterocycles. The molecule has 0 bridgehead atoms. The van der Waals surface area contributed by atoms with Gasteiger partial charge in [-0.25, -0.2) is 0 Å². The minimum absolute atomic E-state index is 0.273. The first-order valence-electron chi connectivity index (χ1n) is 9.82.